The number of likely N-dealkylation sites (N-methyl/N-ethyl adjacent to an activating group) is 1. The number of rotatable bonds is 5. The highest BCUT2D eigenvalue weighted by atomic mass is 15.2. The molecule has 1 aliphatic heterocycles. The van der Waals surface area contributed by atoms with Crippen LogP contribution in [0, 0.1) is 5.92 Å². The Kier molecular flexibility index (Phi) is 3.36. The molecule has 2 rings (SSSR count). The van der Waals surface area contributed by atoms with E-state index in [4.69, 9.17) is 0 Å². The van der Waals surface area contributed by atoms with Gasteiger partial charge < -0.3 is 5.32 Å². The van der Waals surface area contributed by atoms with Crippen molar-refractivity contribution in [3.05, 3.63) is 0 Å². The Morgan fingerprint density at radius 2 is 2.13 bits per heavy atom. The molecule has 2 heteroatoms. The van der Waals surface area contributed by atoms with Gasteiger partial charge in [0, 0.05) is 18.1 Å². The lowest BCUT2D eigenvalue weighted by molar-refractivity contribution is 0.151. The second-order valence-corrected chi connectivity index (χ2v) is 5.86. The highest BCUT2D eigenvalue weighted by Crippen LogP contribution is 2.35. The van der Waals surface area contributed by atoms with Crippen LogP contribution in [0.5, 0.6) is 0 Å². The second-order valence-electron chi connectivity index (χ2n) is 5.86. The molecule has 0 aromatic heterocycles. The van der Waals surface area contributed by atoms with Gasteiger partial charge >= 0.3 is 0 Å². The maximum atomic E-state index is 3.67. The van der Waals surface area contributed by atoms with E-state index < -0.39 is 0 Å². The molecule has 1 saturated carbocycles. The van der Waals surface area contributed by atoms with E-state index in [1.165, 1.54) is 38.8 Å². The summed E-state index contributed by atoms with van der Waals surface area (Å²) >= 11 is 0. The summed E-state index contributed by atoms with van der Waals surface area (Å²) in [6, 6.07) is 0.757. The lowest BCUT2D eigenvalue weighted by Crippen LogP contribution is -2.48. The Bertz CT molecular complexity index is 209. The standard InChI is InChI=1S/C13H26N2/c1-4-14-12(11-6-7-11)10-15-9-5-8-13(15,2)3/h11-12,14H,4-10H2,1-3H3. The van der Waals surface area contributed by atoms with Crippen molar-refractivity contribution in [3.8, 4) is 0 Å². The Labute approximate surface area is 94.4 Å². The molecule has 2 nitrogen and oxygen atoms in total. The van der Waals surface area contributed by atoms with Gasteiger partial charge in [-0.25, -0.2) is 0 Å². The number of nitrogens with one attached hydrogen (secondary N) is 1. The first-order valence-electron chi connectivity index (χ1n) is 6.62. The smallest absolute Gasteiger partial charge is 0.0223 e. The van der Waals surface area contributed by atoms with E-state index in [1.807, 2.05) is 0 Å². The minimum atomic E-state index is 0.447. The lowest BCUT2D eigenvalue weighted by atomic mass is 10.0. The molecule has 0 aromatic rings. The summed E-state index contributed by atoms with van der Waals surface area (Å²) in [6.45, 7) is 10.7. The van der Waals surface area contributed by atoms with Gasteiger partial charge in [0.2, 0.25) is 0 Å². The van der Waals surface area contributed by atoms with Crippen LogP contribution in [0.15, 0.2) is 0 Å². The molecule has 0 aromatic carbocycles. The molecule has 1 atom stereocenters. The normalized spacial score (nSPS) is 28.2. The summed E-state index contributed by atoms with van der Waals surface area (Å²) in [5.41, 5.74) is 0.447. The highest BCUT2D eigenvalue weighted by Gasteiger charge is 2.37. The molecule has 1 unspecified atom stereocenters. The Balaban J connectivity index is 1.87. The summed E-state index contributed by atoms with van der Waals surface area (Å²) in [5.74, 6) is 0.973. The minimum absolute atomic E-state index is 0.447. The van der Waals surface area contributed by atoms with Gasteiger partial charge in [-0.05, 0) is 58.5 Å². The lowest BCUT2D eigenvalue weighted by Gasteiger charge is -2.35. The Morgan fingerprint density at radius 3 is 2.60 bits per heavy atom. The molecule has 88 valence electrons. The molecule has 0 radical (unpaired) electrons. The van der Waals surface area contributed by atoms with Gasteiger partial charge in [0.05, 0.1) is 0 Å². The van der Waals surface area contributed by atoms with Crippen LogP contribution in [0.25, 0.3) is 0 Å². The summed E-state index contributed by atoms with van der Waals surface area (Å²) in [7, 11) is 0. The number of nitrogens with zero attached hydrogens (tertiary/aromatic N) is 1. The zero-order valence-corrected chi connectivity index (χ0v) is 10.6. The molecule has 0 spiro atoms. The average molecular weight is 210 g/mol. The van der Waals surface area contributed by atoms with Crippen molar-refractivity contribution in [1.29, 1.82) is 0 Å². The fourth-order valence-electron chi connectivity index (χ4n) is 2.88. The van der Waals surface area contributed by atoms with Crippen LogP contribution in [0.4, 0.5) is 0 Å². The van der Waals surface area contributed by atoms with Crippen LogP contribution >= 0.6 is 0 Å². The summed E-state index contributed by atoms with van der Waals surface area (Å²) in [6.07, 6.45) is 5.66. The number of likely N-dealkylation sites (tertiary alicyclic amines) is 1. The Morgan fingerprint density at radius 1 is 1.40 bits per heavy atom. The van der Waals surface area contributed by atoms with E-state index in [9.17, 15) is 0 Å². The molecule has 2 aliphatic rings. The quantitative estimate of drug-likeness (QED) is 0.749. The third kappa shape index (κ3) is 2.73. The Hall–Kier alpha value is -0.0800. The fourth-order valence-corrected chi connectivity index (χ4v) is 2.88. The molecule has 1 heterocycles. The average Bonchev–Trinajstić information content (AvgIpc) is 2.93. The van der Waals surface area contributed by atoms with Crippen molar-refractivity contribution in [1.82, 2.24) is 10.2 Å². The third-order valence-corrected chi connectivity index (χ3v) is 4.15. The largest absolute Gasteiger partial charge is 0.313 e. The molecule has 1 aliphatic carbocycles. The van der Waals surface area contributed by atoms with E-state index in [1.54, 1.807) is 0 Å². The summed E-state index contributed by atoms with van der Waals surface area (Å²) in [5, 5.41) is 3.67. The zero-order chi connectivity index (χ0) is 10.9. The van der Waals surface area contributed by atoms with E-state index >= 15 is 0 Å². The van der Waals surface area contributed by atoms with Crippen molar-refractivity contribution < 1.29 is 0 Å². The molecule has 1 N–H and O–H groups in total. The van der Waals surface area contributed by atoms with Gasteiger partial charge in [0.1, 0.15) is 0 Å². The van der Waals surface area contributed by atoms with Crippen LogP contribution in [0.1, 0.15) is 46.5 Å². The first-order chi connectivity index (χ1) is 7.13. The van der Waals surface area contributed by atoms with Gasteiger partial charge in [-0.15, -0.1) is 0 Å². The van der Waals surface area contributed by atoms with Gasteiger partial charge in [-0.1, -0.05) is 6.92 Å². The number of hydrogen-bond acceptors (Lipinski definition) is 2. The van der Waals surface area contributed by atoms with Gasteiger partial charge in [0.25, 0.3) is 0 Å². The van der Waals surface area contributed by atoms with Crippen molar-refractivity contribution in [2.45, 2.75) is 58.0 Å². The maximum Gasteiger partial charge on any atom is 0.0223 e. The maximum absolute atomic E-state index is 3.67. The molecule has 0 amide bonds. The van der Waals surface area contributed by atoms with Crippen LogP contribution in [-0.4, -0.2) is 36.1 Å². The van der Waals surface area contributed by atoms with Crippen molar-refractivity contribution in [2.75, 3.05) is 19.6 Å². The van der Waals surface area contributed by atoms with E-state index in [0.717, 1.165) is 18.5 Å². The molecule has 15 heavy (non-hydrogen) atoms. The predicted octanol–water partition coefficient (Wildman–Crippen LogP) is 2.25. The fraction of sp³-hybridized carbons (Fsp3) is 1.00. The van der Waals surface area contributed by atoms with Gasteiger partial charge in [-0.2, -0.15) is 0 Å². The molecule has 2 fully saturated rings. The third-order valence-electron chi connectivity index (χ3n) is 4.15. The minimum Gasteiger partial charge on any atom is -0.313 e. The molecule has 1 saturated heterocycles. The van der Waals surface area contributed by atoms with Crippen molar-refractivity contribution >= 4 is 0 Å². The predicted molar refractivity (Wildman–Crippen MR) is 65.1 cm³/mol. The first kappa shape index (κ1) is 11.4. The topological polar surface area (TPSA) is 15.3 Å². The molecule has 0 bridgehead atoms. The summed E-state index contributed by atoms with van der Waals surface area (Å²) in [4.78, 5) is 2.69. The van der Waals surface area contributed by atoms with E-state index in [-0.39, 0.29) is 0 Å². The monoisotopic (exact) mass is 210 g/mol. The van der Waals surface area contributed by atoms with Crippen LogP contribution in [0.2, 0.25) is 0 Å². The highest BCUT2D eigenvalue weighted by molar-refractivity contribution is 4.94. The SMILES string of the molecule is CCNC(CN1CCCC1(C)C)C1CC1. The van der Waals surface area contributed by atoms with Crippen LogP contribution < -0.4 is 5.32 Å². The molecular formula is C13H26N2. The van der Waals surface area contributed by atoms with Gasteiger partial charge in [-0.3, -0.25) is 4.90 Å². The molecular weight excluding hydrogens is 184 g/mol. The van der Waals surface area contributed by atoms with Crippen LogP contribution in [-0.2, 0) is 0 Å². The van der Waals surface area contributed by atoms with E-state index in [2.05, 4.69) is 31.0 Å². The van der Waals surface area contributed by atoms with Gasteiger partial charge in [0.15, 0.2) is 0 Å². The first-order valence-corrected chi connectivity index (χ1v) is 6.62. The van der Waals surface area contributed by atoms with Crippen molar-refractivity contribution in [2.24, 2.45) is 5.92 Å². The number of hydrogen-bond donors (Lipinski definition) is 1. The van der Waals surface area contributed by atoms with E-state index in [0.29, 0.717) is 5.54 Å². The van der Waals surface area contributed by atoms with Crippen LogP contribution in [0.3, 0.4) is 0 Å². The van der Waals surface area contributed by atoms with Crippen molar-refractivity contribution in [3.63, 3.8) is 0 Å². The second kappa shape index (κ2) is 4.42. The zero-order valence-electron chi connectivity index (χ0n) is 10.6. The summed E-state index contributed by atoms with van der Waals surface area (Å²) < 4.78 is 0.